The second-order valence-electron chi connectivity index (χ2n) is 5.22. The molecule has 0 atom stereocenters. The summed E-state index contributed by atoms with van der Waals surface area (Å²) in [4.78, 5) is 26.3. The monoisotopic (exact) mass is 291 g/mol. The molecule has 1 aromatic carbocycles. The number of anilines is 1. The lowest BCUT2D eigenvalue weighted by Gasteiger charge is -2.32. The summed E-state index contributed by atoms with van der Waals surface area (Å²) in [6.07, 6.45) is 0.861. The molecular weight excluding hydrogens is 270 g/mol. The fourth-order valence-corrected chi connectivity index (χ4v) is 2.15. The Morgan fingerprint density at radius 2 is 1.90 bits per heavy atom. The van der Waals surface area contributed by atoms with Crippen molar-refractivity contribution in [2.45, 2.75) is 20.0 Å². The first kappa shape index (κ1) is 15.2. The zero-order chi connectivity index (χ0) is 15.2. The van der Waals surface area contributed by atoms with Crippen LogP contribution < -0.4 is 10.1 Å². The molecule has 1 aliphatic heterocycles. The predicted octanol–water partition coefficient (Wildman–Crippen LogP) is 1.78. The number of nitrogens with zero attached hydrogens (tertiary/aromatic N) is 2. The van der Waals surface area contributed by atoms with Gasteiger partial charge in [-0.1, -0.05) is 12.1 Å². The first-order chi connectivity index (χ1) is 10.1. The van der Waals surface area contributed by atoms with E-state index < -0.39 is 0 Å². The number of amides is 3. The van der Waals surface area contributed by atoms with Gasteiger partial charge in [0.1, 0.15) is 5.75 Å². The molecule has 1 aromatic rings. The van der Waals surface area contributed by atoms with Gasteiger partial charge in [0.25, 0.3) is 0 Å². The third-order valence-corrected chi connectivity index (χ3v) is 3.24. The second-order valence-corrected chi connectivity index (χ2v) is 5.22. The highest BCUT2D eigenvalue weighted by Gasteiger charge is 2.20. The molecule has 0 bridgehead atoms. The lowest BCUT2D eigenvalue weighted by Crippen LogP contribution is -2.49. The molecule has 6 nitrogen and oxygen atoms in total. The lowest BCUT2D eigenvalue weighted by atomic mass is 10.3. The topological polar surface area (TPSA) is 61.9 Å². The van der Waals surface area contributed by atoms with Gasteiger partial charge in [-0.15, -0.1) is 0 Å². The van der Waals surface area contributed by atoms with Gasteiger partial charge < -0.3 is 19.9 Å². The summed E-state index contributed by atoms with van der Waals surface area (Å²) in [6.45, 7) is 6.10. The summed E-state index contributed by atoms with van der Waals surface area (Å²) in [7, 11) is 0. The van der Waals surface area contributed by atoms with Gasteiger partial charge in [-0.25, -0.2) is 4.79 Å². The van der Waals surface area contributed by atoms with Crippen LogP contribution in [0.2, 0.25) is 0 Å². The Labute approximate surface area is 124 Å². The van der Waals surface area contributed by atoms with Crippen molar-refractivity contribution in [1.29, 1.82) is 0 Å². The van der Waals surface area contributed by atoms with Crippen LogP contribution in [0.1, 0.15) is 13.8 Å². The Balaban J connectivity index is 1.98. The van der Waals surface area contributed by atoms with Crippen molar-refractivity contribution in [1.82, 2.24) is 9.80 Å². The van der Waals surface area contributed by atoms with Crippen LogP contribution >= 0.6 is 0 Å². The molecule has 114 valence electrons. The van der Waals surface area contributed by atoms with Crippen LogP contribution in [0.25, 0.3) is 0 Å². The lowest BCUT2D eigenvalue weighted by molar-refractivity contribution is -0.119. The minimum Gasteiger partial charge on any atom is -0.489 e. The Morgan fingerprint density at radius 3 is 2.52 bits per heavy atom. The maximum absolute atomic E-state index is 12.3. The Hall–Kier alpha value is -2.24. The van der Waals surface area contributed by atoms with E-state index in [0.29, 0.717) is 37.6 Å². The molecule has 3 amide bonds. The minimum absolute atomic E-state index is 0.0409. The minimum atomic E-state index is -0.166. The molecule has 1 fully saturated rings. The number of benzene rings is 1. The molecule has 0 aromatic heterocycles. The smallest absolute Gasteiger partial charge is 0.322 e. The van der Waals surface area contributed by atoms with Crippen LogP contribution in [0.15, 0.2) is 24.3 Å². The summed E-state index contributed by atoms with van der Waals surface area (Å²) < 4.78 is 5.68. The maximum atomic E-state index is 12.3. The first-order valence-corrected chi connectivity index (χ1v) is 7.11. The van der Waals surface area contributed by atoms with Gasteiger partial charge in [0.15, 0.2) is 0 Å². The average molecular weight is 291 g/mol. The Morgan fingerprint density at radius 1 is 1.24 bits per heavy atom. The second kappa shape index (κ2) is 6.97. The Bertz CT molecular complexity index is 497. The molecule has 1 saturated heterocycles. The summed E-state index contributed by atoms with van der Waals surface area (Å²) >= 11 is 0. The van der Waals surface area contributed by atoms with Crippen molar-refractivity contribution >= 4 is 18.1 Å². The van der Waals surface area contributed by atoms with E-state index >= 15 is 0 Å². The van der Waals surface area contributed by atoms with Crippen LogP contribution in [0, 0.1) is 0 Å². The van der Waals surface area contributed by atoms with Crippen molar-refractivity contribution in [3.63, 3.8) is 0 Å². The van der Waals surface area contributed by atoms with Crippen LogP contribution in [0.5, 0.6) is 5.75 Å². The number of hydrogen-bond acceptors (Lipinski definition) is 3. The fourth-order valence-electron chi connectivity index (χ4n) is 2.15. The van der Waals surface area contributed by atoms with E-state index in [9.17, 15) is 9.59 Å². The third-order valence-electron chi connectivity index (χ3n) is 3.24. The van der Waals surface area contributed by atoms with Crippen LogP contribution in [-0.4, -0.2) is 54.5 Å². The van der Waals surface area contributed by atoms with Crippen molar-refractivity contribution < 1.29 is 14.3 Å². The van der Waals surface area contributed by atoms with Crippen LogP contribution in [0.3, 0.4) is 0 Å². The summed E-state index contributed by atoms with van der Waals surface area (Å²) in [5.41, 5.74) is 0.661. The van der Waals surface area contributed by atoms with E-state index in [0.717, 1.165) is 6.41 Å². The van der Waals surface area contributed by atoms with E-state index in [1.165, 1.54) is 0 Å². The Kier molecular flexibility index (Phi) is 5.03. The normalized spacial score (nSPS) is 15.0. The highest BCUT2D eigenvalue weighted by Crippen LogP contribution is 2.25. The van der Waals surface area contributed by atoms with Gasteiger partial charge in [0.2, 0.25) is 6.41 Å². The highest BCUT2D eigenvalue weighted by atomic mass is 16.5. The van der Waals surface area contributed by atoms with Gasteiger partial charge in [-0.3, -0.25) is 4.79 Å². The zero-order valence-electron chi connectivity index (χ0n) is 12.4. The SMILES string of the molecule is CC(C)Oc1ccccc1NC(=O)N1CCN(C=O)CC1. The molecule has 6 heteroatoms. The largest absolute Gasteiger partial charge is 0.489 e. The molecule has 1 aliphatic rings. The molecule has 2 rings (SSSR count). The maximum Gasteiger partial charge on any atom is 0.322 e. The predicted molar refractivity (Wildman–Crippen MR) is 80.4 cm³/mol. The number of carbonyl (C=O) groups excluding carboxylic acids is 2. The molecule has 0 spiro atoms. The van der Waals surface area contributed by atoms with E-state index in [2.05, 4.69) is 5.32 Å². The van der Waals surface area contributed by atoms with Gasteiger partial charge in [-0.05, 0) is 26.0 Å². The molecule has 1 N–H and O–H groups in total. The van der Waals surface area contributed by atoms with Crippen molar-refractivity contribution in [2.24, 2.45) is 0 Å². The summed E-state index contributed by atoms with van der Waals surface area (Å²) in [6, 6.07) is 7.21. The van der Waals surface area contributed by atoms with Crippen LogP contribution in [-0.2, 0) is 4.79 Å². The van der Waals surface area contributed by atoms with Crippen molar-refractivity contribution in [3.8, 4) is 5.75 Å². The number of hydrogen-bond donors (Lipinski definition) is 1. The molecule has 0 unspecified atom stereocenters. The van der Waals surface area contributed by atoms with E-state index in [-0.39, 0.29) is 12.1 Å². The molecule has 0 aliphatic carbocycles. The summed E-state index contributed by atoms with van der Waals surface area (Å²) in [5.74, 6) is 0.660. The third kappa shape index (κ3) is 4.11. The van der Waals surface area contributed by atoms with Crippen molar-refractivity contribution in [3.05, 3.63) is 24.3 Å². The van der Waals surface area contributed by atoms with Gasteiger partial charge in [0.05, 0.1) is 11.8 Å². The van der Waals surface area contributed by atoms with Crippen LogP contribution in [0.4, 0.5) is 10.5 Å². The zero-order valence-corrected chi connectivity index (χ0v) is 12.4. The van der Waals surface area contributed by atoms with Gasteiger partial charge in [0, 0.05) is 26.2 Å². The standard InChI is InChI=1S/C15H21N3O3/c1-12(2)21-14-6-4-3-5-13(14)16-15(20)18-9-7-17(11-19)8-10-18/h3-6,11-12H,7-10H2,1-2H3,(H,16,20). The quantitative estimate of drug-likeness (QED) is 0.860. The molecule has 0 radical (unpaired) electrons. The molecule has 1 heterocycles. The summed E-state index contributed by atoms with van der Waals surface area (Å²) in [5, 5.41) is 2.87. The van der Waals surface area contributed by atoms with E-state index in [4.69, 9.17) is 4.74 Å². The van der Waals surface area contributed by atoms with E-state index in [1.807, 2.05) is 38.1 Å². The highest BCUT2D eigenvalue weighted by molar-refractivity contribution is 5.91. The van der Waals surface area contributed by atoms with E-state index in [1.54, 1.807) is 9.80 Å². The number of urea groups is 1. The number of piperazine rings is 1. The molecule has 0 saturated carbocycles. The molecular formula is C15H21N3O3. The van der Waals surface area contributed by atoms with Gasteiger partial charge in [-0.2, -0.15) is 0 Å². The number of para-hydroxylation sites is 2. The number of ether oxygens (including phenoxy) is 1. The van der Waals surface area contributed by atoms with Crippen molar-refractivity contribution in [2.75, 3.05) is 31.5 Å². The number of rotatable bonds is 4. The number of carbonyl (C=O) groups is 2. The first-order valence-electron chi connectivity index (χ1n) is 7.11. The average Bonchev–Trinajstić information content (AvgIpc) is 2.49. The van der Waals surface area contributed by atoms with Gasteiger partial charge >= 0.3 is 6.03 Å². The fraction of sp³-hybridized carbons (Fsp3) is 0.467. The number of nitrogens with one attached hydrogen (secondary N) is 1. The molecule has 21 heavy (non-hydrogen) atoms.